The van der Waals surface area contributed by atoms with Gasteiger partial charge in [0, 0.05) is 26.5 Å². The molecule has 3 N–H and O–H groups in total. The number of ether oxygens (including phenoxy) is 1. The van der Waals surface area contributed by atoms with Crippen molar-refractivity contribution >= 4 is 15.1 Å². The minimum Gasteiger partial charge on any atom is -0.481 e. The molecule has 0 fully saturated rings. The molecule has 0 bridgehead atoms. The second kappa shape index (κ2) is 6.49. The average Bonchev–Trinajstić information content (AvgIpc) is 2.54. The molecule has 0 unspecified atom stereocenters. The molecule has 126 valence electrons. The fraction of sp³-hybridized carbons (Fsp3) is 0.368. The van der Waals surface area contributed by atoms with Gasteiger partial charge >= 0.3 is 5.97 Å². The van der Waals surface area contributed by atoms with E-state index in [1.54, 1.807) is 0 Å². The molecule has 0 amide bonds. The molecule has 0 aliphatic carbocycles. The maximum Gasteiger partial charge on any atom is 0.303 e. The summed E-state index contributed by atoms with van der Waals surface area (Å²) < 4.78 is 6.36. The highest BCUT2D eigenvalue weighted by atomic mass is 28.2. The molecule has 0 atom stereocenters. The van der Waals surface area contributed by atoms with Crippen LogP contribution >= 0.6 is 0 Å². The summed E-state index contributed by atoms with van der Waals surface area (Å²) in [4.78, 5) is 11.0. The number of carboxylic acids is 1. The van der Waals surface area contributed by atoms with Gasteiger partial charge in [-0.3, -0.25) is 4.79 Å². The molecule has 1 aromatic heterocycles. The maximum absolute atomic E-state index is 11.0. The van der Waals surface area contributed by atoms with Crippen molar-refractivity contribution in [3.63, 3.8) is 0 Å². The van der Waals surface area contributed by atoms with Crippen LogP contribution in [0.1, 0.15) is 42.1 Å². The third-order valence-corrected chi connectivity index (χ3v) is 6.47. The van der Waals surface area contributed by atoms with Gasteiger partial charge < -0.3 is 15.6 Å². The monoisotopic (exact) mass is 341 g/mol. The van der Waals surface area contributed by atoms with Crippen LogP contribution in [-0.2, 0) is 23.1 Å². The fourth-order valence-corrected chi connectivity index (χ4v) is 4.92. The minimum absolute atomic E-state index is 0.00959. The van der Waals surface area contributed by atoms with Crippen molar-refractivity contribution in [2.75, 3.05) is 6.54 Å². The summed E-state index contributed by atoms with van der Waals surface area (Å²) in [6, 6.07) is 8.32. The normalized spacial score (nSPS) is 14.5. The van der Waals surface area contributed by atoms with E-state index in [4.69, 9.17) is 15.6 Å². The van der Waals surface area contributed by atoms with Crippen LogP contribution in [0.15, 0.2) is 29.9 Å². The highest BCUT2D eigenvalue weighted by Gasteiger charge is 2.35. The topological polar surface area (TPSA) is 72.5 Å². The van der Waals surface area contributed by atoms with Crippen LogP contribution in [0.5, 0.6) is 11.5 Å². The molecule has 0 saturated carbocycles. The van der Waals surface area contributed by atoms with Crippen molar-refractivity contribution < 1.29 is 14.6 Å². The third-order valence-electron chi connectivity index (χ3n) is 4.77. The van der Waals surface area contributed by atoms with Gasteiger partial charge in [0.25, 0.3) is 0 Å². The van der Waals surface area contributed by atoms with Crippen molar-refractivity contribution in [3.8, 4) is 11.5 Å². The molecule has 0 spiro atoms. The zero-order valence-electron chi connectivity index (χ0n) is 14.1. The summed E-state index contributed by atoms with van der Waals surface area (Å²) in [7, 11) is 0.00959. The number of nitrogens with two attached hydrogens (primary N) is 1. The Morgan fingerprint density at radius 2 is 1.96 bits per heavy atom. The maximum atomic E-state index is 11.0. The summed E-state index contributed by atoms with van der Waals surface area (Å²) in [5.74, 6) is 1.03. The van der Waals surface area contributed by atoms with E-state index in [2.05, 4.69) is 37.7 Å². The van der Waals surface area contributed by atoms with Crippen LogP contribution < -0.4 is 10.5 Å². The highest BCUT2D eigenvalue weighted by Crippen LogP contribution is 2.49. The number of para-hydroxylation sites is 1. The molecule has 1 aromatic carbocycles. The van der Waals surface area contributed by atoms with Gasteiger partial charge in [0.2, 0.25) is 0 Å². The minimum atomic E-state index is -0.782. The smallest absolute Gasteiger partial charge is 0.303 e. The van der Waals surface area contributed by atoms with E-state index >= 15 is 0 Å². The highest BCUT2D eigenvalue weighted by molar-refractivity contribution is 6.33. The summed E-state index contributed by atoms with van der Waals surface area (Å²) in [5, 5.41) is 10.3. The lowest BCUT2D eigenvalue weighted by molar-refractivity contribution is -0.136. The third kappa shape index (κ3) is 2.89. The lowest BCUT2D eigenvalue weighted by Gasteiger charge is -2.36. The Morgan fingerprint density at radius 1 is 1.21 bits per heavy atom. The molecule has 5 heteroatoms. The Kier molecular flexibility index (Phi) is 4.56. The van der Waals surface area contributed by atoms with Crippen LogP contribution in [0.3, 0.4) is 0 Å². The lowest BCUT2D eigenvalue weighted by Crippen LogP contribution is -2.27. The second-order valence-corrected chi connectivity index (χ2v) is 8.04. The van der Waals surface area contributed by atoms with Crippen molar-refractivity contribution in [1.82, 2.24) is 0 Å². The van der Waals surface area contributed by atoms with Crippen LogP contribution in [0.25, 0.3) is 0 Å². The van der Waals surface area contributed by atoms with E-state index in [9.17, 15) is 4.79 Å². The number of rotatable bonds is 5. The van der Waals surface area contributed by atoms with Crippen molar-refractivity contribution in [1.29, 1.82) is 0 Å². The van der Waals surface area contributed by atoms with E-state index in [0.717, 1.165) is 29.0 Å². The van der Waals surface area contributed by atoms with Gasteiger partial charge in [0.15, 0.2) is 0 Å². The van der Waals surface area contributed by atoms with E-state index in [-0.39, 0.29) is 21.0 Å². The van der Waals surface area contributed by atoms with Crippen molar-refractivity contribution in [2.24, 2.45) is 5.73 Å². The summed E-state index contributed by atoms with van der Waals surface area (Å²) in [6.45, 7) is 5.04. The second-order valence-electron chi connectivity index (χ2n) is 6.75. The Morgan fingerprint density at radius 3 is 2.67 bits per heavy atom. The van der Waals surface area contributed by atoms with Gasteiger partial charge in [-0.25, -0.2) is 0 Å². The summed E-state index contributed by atoms with van der Waals surface area (Å²) >= 11 is 0. The Hall–Kier alpha value is -1.98. The number of fused-ring (bicyclic) bond motifs is 2. The Balaban J connectivity index is 2.11. The number of hydrogen-bond donors (Lipinski definition) is 2. The molecule has 24 heavy (non-hydrogen) atoms. The molecule has 1 aliphatic rings. The number of benzene rings is 1. The van der Waals surface area contributed by atoms with Crippen molar-refractivity contribution in [3.05, 3.63) is 51.8 Å². The fourth-order valence-electron chi connectivity index (χ4n) is 3.43. The van der Waals surface area contributed by atoms with Gasteiger partial charge in [-0.15, -0.1) is 0 Å². The molecule has 3 rings (SSSR count). The first-order valence-electron chi connectivity index (χ1n) is 8.29. The van der Waals surface area contributed by atoms with E-state index in [1.165, 1.54) is 10.7 Å². The Bertz CT molecular complexity index is 786. The Labute approximate surface area is 144 Å². The predicted octanol–water partition coefficient (Wildman–Crippen LogP) is 2.71. The van der Waals surface area contributed by atoms with E-state index < -0.39 is 5.97 Å². The number of carbonyl (C=O) groups is 1. The molecule has 0 saturated heterocycles. The zero-order chi connectivity index (χ0) is 17.3. The van der Waals surface area contributed by atoms with E-state index in [0.29, 0.717) is 13.0 Å². The molecule has 0 radical (unpaired) electrons. The zero-order valence-corrected chi connectivity index (χ0v) is 15.3. The first-order valence-corrected chi connectivity index (χ1v) is 9.54. The molecule has 2 heterocycles. The van der Waals surface area contributed by atoms with Gasteiger partial charge in [-0.1, -0.05) is 43.8 Å². The molecule has 1 aliphatic heterocycles. The van der Waals surface area contributed by atoms with Crippen LogP contribution in [-0.4, -0.2) is 26.7 Å². The van der Waals surface area contributed by atoms with Gasteiger partial charge in [0.05, 0.1) is 0 Å². The predicted molar refractivity (Wildman–Crippen MR) is 96.5 cm³/mol. The molecular weight excluding hydrogens is 318 g/mol. The first-order chi connectivity index (χ1) is 11.4. The molecular formula is C19H23NO3Si. The number of aliphatic carboxylic acids is 1. The van der Waals surface area contributed by atoms with Crippen LogP contribution in [0.4, 0.5) is 0 Å². The average molecular weight is 341 g/mol. The number of hydrogen-bond acceptors (Lipinski definition) is 3. The van der Waals surface area contributed by atoms with Crippen LogP contribution in [0, 0.1) is 0 Å². The number of aryl methyl sites for hydroxylation is 1. The van der Waals surface area contributed by atoms with Crippen LogP contribution in [0.2, 0.25) is 0 Å². The quantitative estimate of drug-likeness (QED) is 0.820. The molecule has 2 aromatic rings. The van der Waals surface area contributed by atoms with Gasteiger partial charge in [-0.05, 0) is 35.7 Å². The van der Waals surface area contributed by atoms with Gasteiger partial charge in [0.1, 0.15) is 11.5 Å². The number of carboxylic acid groups (broad SMARTS) is 1. The lowest BCUT2D eigenvalue weighted by atomic mass is 9.79. The summed E-state index contributed by atoms with van der Waals surface area (Å²) in [6.07, 6.45) is 1.39. The molecule has 4 nitrogen and oxygen atoms in total. The SMILES string of the molecule is CC1(C)c2cccc(CCN)c2Oc2c(CCC(=O)O)cc[siH]c21. The first kappa shape index (κ1) is 16.9. The standard InChI is InChI=1S/C19H23NO3Si/c1-19(2)14-5-3-4-12(8-10-20)16(14)23-17-13(6-7-15(21)22)9-11-24-18(17)19/h3-5,9,11,24H,6-8,10,20H2,1-2H3,(H,21,22). The van der Waals surface area contributed by atoms with Crippen molar-refractivity contribution in [2.45, 2.75) is 38.5 Å². The summed E-state index contributed by atoms with van der Waals surface area (Å²) in [5.41, 5.74) is 11.2. The largest absolute Gasteiger partial charge is 0.481 e. The van der Waals surface area contributed by atoms with Gasteiger partial charge in [-0.2, -0.15) is 0 Å². The van der Waals surface area contributed by atoms with E-state index in [1.807, 2.05) is 6.07 Å².